The predicted molar refractivity (Wildman–Crippen MR) is 75.1 cm³/mol. The molecule has 2 amide bonds. The number of amides is 2. The molecule has 1 N–H and O–H groups in total. The Bertz CT molecular complexity index is 543. The van der Waals surface area contributed by atoms with E-state index in [4.69, 9.17) is 0 Å². The average molecular weight is 278 g/mol. The molecule has 1 fully saturated rings. The van der Waals surface area contributed by atoms with Gasteiger partial charge in [-0.05, 0) is 36.1 Å². The Hall–Kier alpha value is -1.91. The number of hydrogen-bond acceptors (Lipinski definition) is 3. The SMILES string of the molecule is CC(C)c1cc(N(C)C2CCC(=O)NC2=O)ccc1F. The molecule has 1 atom stereocenters. The van der Waals surface area contributed by atoms with Crippen molar-refractivity contribution in [3.63, 3.8) is 0 Å². The van der Waals surface area contributed by atoms with Crippen molar-refractivity contribution in [1.82, 2.24) is 5.32 Å². The van der Waals surface area contributed by atoms with E-state index < -0.39 is 6.04 Å². The van der Waals surface area contributed by atoms with E-state index >= 15 is 0 Å². The number of anilines is 1. The normalized spacial score (nSPS) is 19.1. The number of piperidine rings is 1. The summed E-state index contributed by atoms with van der Waals surface area (Å²) in [6.45, 7) is 3.85. The molecular weight excluding hydrogens is 259 g/mol. The number of nitrogens with one attached hydrogen (secondary N) is 1. The van der Waals surface area contributed by atoms with Crippen LogP contribution in [0.25, 0.3) is 0 Å². The largest absolute Gasteiger partial charge is 0.363 e. The van der Waals surface area contributed by atoms with E-state index in [1.807, 2.05) is 13.8 Å². The number of hydrogen-bond donors (Lipinski definition) is 1. The molecule has 2 rings (SSSR count). The first-order valence-electron chi connectivity index (χ1n) is 6.76. The predicted octanol–water partition coefficient (Wildman–Crippen LogP) is 2.19. The highest BCUT2D eigenvalue weighted by Gasteiger charge is 2.30. The Balaban J connectivity index is 2.25. The van der Waals surface area contributed by atoms with Gasteiger partial charge in [0.15, 0.2) is 0 Å². The van der Waals surface area contributed by atoms with Crippen molar-refractivity contribution in [2.75, 3.05) is 11.9 Å². The zero-order valence-corrected chi connectivity index (χ0v) is 11.9. The van der Waals surface area contributed by atoms with Gasteiger partial charge in [-0.3, -0.25) is 14.9 Å². The Morgan fingerprint density at radius 3 is 2.65 bits per heavy atom. The first-order chi connectivity index (χ1) is 9.40. The van der Waals surface area contributed by atoms with Crippen molar-refractivity contribution in [2.24, 2.45) is 0 Å². The first-order valence-corrected chi connectivity index (χ1v) is 6.76. The number of carbonyl (C=O) groups excluding carboxylic acids is 2. The van der Waals surface area contributed by atoms with E-state index in [-0.39, 0.29) is 23.5 Å². The molecule has 1 aromatic carbocycles. The minimum atomic E-state index is -0.391. The molecule has 1 aromatic rings. The van der Waals surface area contributed by atoms with Crippen molar-refractivity contribution in [3.8, 4) is 0 Å². The van der Waals surface area contributed by atoms with Crippen LogP contribution in [0.5, 0.6) is 0 Å². The highest BCUT2D eigenvalue weighted by molar-refractivity contribution is 6.01. The molecule has 108 valence electrons. The molecule has 5 heteroatoms. The van der Waals surface area contributed by atoms with Crippen LogP contribution in [0, 0.1) is 5.82 Å². The summed E-state index contributed by atoms with van der Waals surface area (Å²) < 4.78 is 13.7. The maximum atomic E-state index is 13.7. The van der Waals surface area contributed by atoms with Crippen LogP contribution in [0.2, 0.25) is 0 Å². The summed E-state index contributed by atoms with van der Waals surface area (Å²) in [6, 6.07) is 4.46. The van der Waals surface area contributed by atoms with Crippen LogP contribution in [0.4, 0.5) is 10.1 Å². The van der Waals surface area contributed by atoms with Crippen molar-refractivity contribution in [2.45, 2.75) is 38.6 Å². The summed E-state index contributed by atoms with van der Waals surface area (Å²) in [5.41, 5.74) is 1.41. The maximum absolute atomic E-state index is 13.7. The van der Waals surface area contributed by atoms with Gasteiger partial charge in [-0.1, -0.05) is 13.8 Å². The average Bonchev–Trinajstić information content (AvgIpc) is 2.38. The second-order valence-corrected chi connectivity index (χ2v) is 5.44. The monoisotopic (exact) mass is 278 g/mol. The van der Waals surface area contributed by atoms with Crippen molar-refractivity contribution in [3.05, 3.63) is 29.6 Å². The molecule has 0 radical (unpaired) electrons. The Kier molecular flexibility index (Phi) is 4.06. The van der Waals surface area contributed by atoms with Gasteiger partial charge in [0.05, 0.1) is 0 Å². The molecule has 1 unspecified atom stereocenters. The number of halogens is 1. The van der Waals surface area contributed by atoms with Gasteiger partial charge in [0.25, 0.3) is 0 Å². The summed E-state index contributed by atoms with van der Waals surface area (Å²) in [6.07, 6.45) is 0.814. The van der Waals surface area contributed by atoms with Crippen molar-refractivity contribution < 1.29 is 14.0 Å². The number of carbonyl (C=O) groups is 2. The zero-order valence-electron chi connectivity index (χ0n) is 11.9. The molecule has 0 bridgehead atoms. The third-order valence-corrected chi connectivity index (χ3v) is 3.69. The lowest BCUT2D eigenvalue weighted by molar-refractivity contribution is -0.134. The van der Waals surface area contributed by atoms with Crippen LogP contribution in [-0.4, -0.2) is 24.9 Å². The quantitative estimate of drug-likeness (QED) is 0.862. The van der Waals surface area contributed by atoms with E-state index in [9.17, 15) is 14.0 Å². The lowest BCUT2D eigenvalue weighted by atomic mass is 10.00. The third-order valence-electron chi connectivity index (χ3n) is 3.69. The summed E-state index contributed by atoms with van der Waals surface area (Å²) in [5, 5.41) is 2.34. The van der Waals surface area contributed by atoms with Crippen molar-refractivity contribution >= 4 is 17.5 Å². The molecule has 1 saturated heterocycles. The Morgan fingerprint density at radius 1 is 1.35 bits per heavy atom. The standard InChI is InChI=1S/C15H19FN2O2/c1-9(2)11-8-10(4-5-12(11)16)18(3)13-6-7-14(19)17-15(13)20/h4-5,8-9,13H,6-7H2,1-3H3,(H,17,19,20). The van der Waals surface area contributed by atoms with Gasteiger partial charge >= 0.3 is 0 Å². The topological polar surface area (TPSA) is 49.4 Å². The van der Waals surface area contributed by atoms with Crippen LogP contribution in [0.3, 0.4) is 0 Å². The van der Waals surface area contributed by atoms with E-state index in [1.165, 1.54) is 6.07 Å². The Morgan fingerprint density at radius 2 is 2.05 bits per heavy atom. The number of likely N-dealkylation sites (N-methyl/N-ethyl adjacent to an activating group) is 1. The summed E-state index contributed by atoms with van der Waals surface area (Å²) in [4.78, 5) is 24.8. The minimum absolute atomic E-state index is 0.0742. The van der Waals surface area contributed by atoms with E-state index in [0.29, 0.717) is 18.4 Å². The van der Waals surface area contributed by atoms with Gasteiger partial charge in [-0.15, -0.1) is 0 Å². The zero-order chi connectivity index (χ0) is 14.9. The molecule has 4 nitrogen and oxygen atoms in total. The van der Waals surface area contributed by atoms with Crippen LogP contribution in [0.1, 0.15) is 38.2 Å². The molecule has 0 spiro atoms. The maximum Gasteiger partial charge on any atom is 0.249 e. The molecule has 0 aromatic heterocycles. The van der Waals surface area contributed by atoms with Crippen LogP contribution < -0.4 is 10.2 Å². The third kappa shape index (κ3) is 2.81. The second-order valence-electron chi connectivity index (χ2n) is 5.44. The van der Waals surface area contributed by atoms with Gasteiger partial charge in [0.1, 0.15) is 11.9 Å². The van der Waals surface area contributed by atoms with E-state index in [2.05, 4.69) is 5.32 Å². The molecule has 1 aliphatic rings. The van der Waals surface area contributed by atoms with Gasteiger partial charge in [-0.2, -0.15) is 0 Å². The molecule has 0 aliphatic carbocycles. The second kappa shape index (κ2) is 5.61. The number of rotatable bonds is 3. The fraction of sp³-hybridized carbons (Fsp3) is 0.467. The summed E-state index contributed by atoms with van der Waals surface area (Å²) in [5.74, 6) is -0.689. The number of nitrogens with zero attached hydrogens (tertiary/aromatic N) is 1. The van der Waals surface area contributed by atoms with E-state index in [1.54, 1.807) is 24.1 Å². The summed E-state index contributed by atoms with van der Waals surface area (Å²) >= 11 is 0. The van der Waals surface area contributed by atoms with Crippen LogP contribution >= 0.6 is 0 Å². The highest BCUT2D eigenvalue weighted by Crippen LogP contribution is 2.26. The highest BCUT2D eigenvalue weighted by atomic mass is 19.1. The van der Waals surface area contributed by atoms with Crippen LogP contribution in [-0.2, 0) is 9.59 Å². The Labute approximate surface area is 118 Å². The number of imide groups is 1. The molecule has 1 heterocycles. The fourth-order valence-electron chi connectivity index (χ4n) is 2.42. The molecule has 0 saturated carbocycles. The van der Waals surface area contributed by atoms with Crippen molar-refractivity contribution in [1.29, 1.82) is 0 Å². The lowest BCUT2D eigenvalue weighted by Crippen LogP contribution is -2.51. The fourth-order valence-corrected chi connectivity index (χ4v) is 2.42. The minimum Gasteiger partial charge on any atom is -0.363 e. The van der Waals surface area contributed by atoms with Crippen LogP contribution in [0.15, 0.2) is 18.2 Å². The van der Waals surface area contributed by atoms with Gasteiger partial charge in [0, 0.05) is 19.2 Å². The lowest BCUT2D eigenvalue weighted by Gasteiger charge is -2.31. The molecular formula is C15H19FN2O2. The summed E-state index contributed by atoms with van der Waals surface area (Å²) in [7, 11) is 1.79. The number of benzene rings is 1. The van der Waals surface area contributed by atoms with Gasteiger partial charge < -0.3 is 4.90 Å². The van der Waals surface area contributed by atoms with E-state index in [0.717, 1.165) is 5.69 Å². The smallest absolute Gasteiger partial charge is 0.249 e. The first kappa shape index (κ1) is 14.5. The molecule has 20 heavy (non-hydrogen) atoms. The van der Waals surface area contributed by atoms with Gasteiger partial charge in [-0.25, -0.2) is 4.39 Å². The molecule has 1 aliphatic heterocycles. The van der Waals surface area contributed by atoms with Gasteiger partial charge in [0.2, 0.25) is 11.8 Å².